The molecule has 0 aromatic heterocycles. The predicted molar refractivity (Wildman–Crippen MR) is 79.7 cm³/mol. The largest absolute Gasteiger partial charge is 0.334 e. The van der Waals surface area contributed by atoms with Crippen LogP contribution in [0.2, 0.25) is 0 Å². The third kappa shape index (κ3) is 13.5. The molecule has 0 rings (SSSR count). The van der Waals surface area contributed by atoms with Gasteiger partial charge in [-0.3, -0.25) is 13.9 Å². The van der Waals surface area contributed by atoms with Crippen molar-refractivity contribution in [3.8, 4) is 0 Å². The summed E-state index contributed by atoms with van der Waals surface area (Å²) < 4.78 is 58.1. The Morgan fingerprint density at radius 2 is 1.67 bits per heavy atom. The highest BCUT2D eigenvalue weighted by atomic mass is 32.2. The van der Waals surface area contributed by atoms with Crippen molar-refractivity contribution in [1.82, 2.24) is 5.32 Å². The van der Waals surface area contributed by atoms with Gasteiger partial charge in [0.15, 0.2) is 5.37 Å². The maximum atomic E-state index is 10.8. The molecular formula is C11H21NO7S2. The van der Waals surface area contributed by atoms with E-state index in [0.29, 0.717) is 5.57 Å². The lowest BCUT2D eigenvalue weighted by atomic mass is 10.2. The number of hydrogen-bond acceptors (Lipinski definition) is 5. The second-order valence-electron chi connectivity index (χ2n) is 4.58. The number of rotatable bonds is 6. The van der Waals surface area contributed by atoms with E-state index in [2.05, 4.69) is 18.5 Å². The van der Waals surface area contributed by atoms with E-state index in [-0.39, 0.29) is 5.75 Å². The van der Waals surface area contributed by atoms with Crippen LogP contribution in [-0.4, -0.2) is 43.0 Å². The average Bonchev–Trinajstić information content (AvgIpc) is 2.20. The summed E-state index contributed by atoms with van der Waals surface area (Å²) in [7, 11) is -8.07. The molecule has 0 aliphatic rings. The van der Waals surface area contributed by atoms with Gasteiger partial charge in [-0.1, -0.05) is 32.6 Å². The molecule has 0 fully saturated rings. The summed E-state index contributed by atoms with van der Waals surface area (Å²) in [5, 5.41) is 0.831. The van der Waals surface area contributed by atoms with E-state index in [1.54, 1.807) is 13.8 Å². The van der Waals surface area contributed by atoms with Crippen LogP contribution in [0.5, 0.6) is 0 Å². The van der Waals surface area contributed by atoms with E-state index >= 15 is 0 Å². The monoisotopic (exact) mass is 343 g/mol. The van der Waals surface area contributed by atoms with Crippen molar-refractivity contribution in [2.45, 2.75) is 26.1 Å². The first-order chi connectivity index (χ1) is 9.20. The Morgan fingerprint density at radius 1 is 1.24 bits per heavy atom. The predicted octanol–water partition coefficient (Wildman–Crippen LogP) is 0.609. The van der Waals surface area contributed by atoms with Crippen molar-refractivity contribution in [2.75, 3.05) is 5.75 Å². The Labute approximate surface area is 125 Å². The van der Waals surface area contributed by atoms with Crippen LogP contribution in [0.15, 0.2) is 24.8 Å². The van der Waals surface area contributed by atoms with Crippen molar-refractivity contribution in [3.05, 3.63) is 24.8 Å². The second kappa shape index (κ2) is 8.93. The van der Waals surface area contributed by atoms with Crippen molar-refractivity contribution in [2.24, 2.45) is 5.92 Å². The molecule has 1 unspecified atom stereocenters. The average molecular weight is 343 g/mol. The van der Waals surface area contributed by atoms with Crippen molar-refractivity contribution >= 4 is 26.1 Å². The summed E-state index contributed by atoms with van der Waals surface area (Å²) in [4.78, 5) is 10.8. The van der Waals surface area contributed by atoms with Crippen LogP contribution in [0.4, 0.5) is 0 Å². The highest BCUT2D eigenvalue weighted by Crippen LogP contribution is 2.07. The highest BCUT2D eigenvalue weighted by molar-refractivity contribution is 7.86. The van der Waals surface area contributed by atoms with Gasteiger partial charge in [0.05, 0.1) is 5.75 Å². The Kier molecular flexibility index (Phi) is 9.37. The second-order valence-corrected chi connectivity index (χ2v) is 7.57. The van der Waals surface area contributed by atoms with Crippen LogP contribution >= 0.6 is 0 Å². The van der Waals surface area contributed by atoms with Crippen molar-refractivity contribution < 1.29 is 30.7 Å². The number of carbonyl (C=O) groups excluding carboxylic acids is 1. The van der Waals surface area contributed by atoms with E-state index in [4.69, 9.17) is 9.11 Å². The molecule has 0 heterocycles. The van der Waals surface area contributed by atoms with Gasteiger partial charge in [0.1, 0.15) is 0 Å². The number of hydrogen-bond donors (Lipinski definition) is 3. The standard InChI is InChI=1S/C7H13NO4S.C4H8O3S/c1-4-6(9)8-7(5(2)3)13(10,11)12;1-4(2)3-8(5,6)7/h4-5,7H,1H2,2-3H3,(H,8,9)(H,10,11,12);1,3H2,2H3,(H,5,6,7). The molecule has 0 radical (unpaired) electrons. The lowest BCUT2D eigenvalue weighted by Gasteiger charge is -2.17. The molecular weight excluding hydrogens is 322 g/mol. The van der Waals surface area contributed by atoms with Crippen LogP contribution in [-0.2, 0) is 25.0 Å². The minimum absolute atomic E-state index is 0.340. The van der Waals surface area contributed by atoms with Gasteiger partial charge in [0, 0.05) is 0 Å². The summed E-state index contributed by atoms with van der Waals surface area (Å²) in [5.74, 6) is -1.37. The first kappa shape index (κ1) is 22.1. The van der Waals surface area contributed by atoms with Gasteiger partial charge in [-0.2, -0.15) is 16.8 Å². The third-order valence-corrected chi connectivity index (χ3v) is 3.99. The van der Waals surface area contributed by atoms with E-state index in [1.165, 1.54) is 6.92 Å². The van der Waals surface area contributed by atoms with Gasteiger partial charge < -0.3 is 5.32 Å². The normalized spacial score (nSPS) is 12.9. The van der Waals surface area contributed by atoms with Gasteiger partial charge in [0.2, 0.25) is 5.91 Å². The molecule has 0 aliphatic carbocycles. The van der Waals surface area contributed by atoms with E-state index in [0.717, 1.165) is 6.08 Å². The van der Waals surface area contributed by atoms with Crippen LogP contribution in [0, 0.1) is 5.92 Å². The van der Waals surface area contributed by atoms with E-state index in [1.807, 2.05) is 0 Å². The van der Waals surface area contributed by atoms with E-state index < -0.39 is 37.4 Å². The lowest BCUT2D eigenvalue weighted by molar-refractivity contribution is -0.116. The SMILES string of the molecule is C=C(C)CS(=O)(=O)O.C=CC(=O)NC(C(C)C)S(=O)(=O)O. The minimum Gasteiger partial charge on any atom is -0.334 e. The maximum Gasteiger partial charge on any atom is 0.286 e. The van der Waals surface area contributed by atoms with Gasteiger partial charge in [-0.05, 0) is 18.9 Å². The number of nitrogens with one attached hydrogen (secondary N) is 1. The molecule has 1 atom stereocenters. The fourth-order valence-electron chi connectivity index (χ4n) is 1.10. The molecule has 0 spiro atoms. The summed E-state index contributed by atoms with van der Waals surface area (Å²) in [6.07, 6.45) is 0.945. The first-order valence-corrected chi connectivity index (χ1v) is 8.80. The molecule has 1 amide bonds. The van der Waals surface area contributed by atoms with Crippen molar-refractivity contribution in [1.29, 1.82) is 0 Å². The molecule has 10 heteroatoms. The molecule has 0 aliphatic heterocycles. The van der Waals surface area contributed by atoms with E-state index in [9.17, 15) is 21.6 Å². The summed E-state index contributed by atoms with van der Waals surface area (Å²) in [5.41, 5.74) is 0.438. The zero-order valence-corrected chi connectivity index (χ0v) is 13.7. The number of carbonyl (C=O) groups is 1. The molecule has 3 N–H and O–H groups in total. The van der Waals surface area contributed by atoms with Crippen LogP contribution in [0.25, 0.3) is 0 Å². The first-order valence-electron chi connectivity index (χ1n) is 5.69. The molecule has 0 aromatic rings. The smallest absolute Gasteiger partial charge is 0.286 e. The topological polar surface area (TPSA) is 138 Å². The zero-order chi connectivity index (χ0) is 17.4. The summed E-state index contributed by atoms with van der Waals surface area (Å²) >= 11 is 0. The zero-order valence-electron chi connectivity index (χ0n) is 12.1. The highest BCUT2D eigenvalue weighted by Gasteiger charge is 2.27. The Balaban J connectivity index is 0. The molecule has 0 saturated carbocycles. The van der Waals surface area contributed by atoms with Gasteiger partial charge in [-0.25, -0.2) is 0 Å². The molecule has 0 bridgehead atoms. The Bertz CT molecular complexity index is 576. The maximum absolute atomic E-state index is 10.8. The lowest BCUT2D eigenvalue weighted by Crippen LogP contribution is -2.43. The van der Waals surface area contributed by atoms with Gasteiger partial charge >= 0.3 is 0 Å². The molecule has 124 valence electrons. The fraction of sp³-hybridized carbons (Fsp3) is 0.545. The molecule has 0 aromatic carbocycles. The Hall–Kier alpha value is -1.23. The van der Waals surface area contributed by atoms with Crippen LogP contribution in [0.1, 0.15) is 20.8 Å². The fourth-order valence-corrected chi connectivity index (χ4v) is 2.67. The molecule has 8 nitrogen and oxygen atoms in total. The Morgan fingerprint density at radius 3 is 1.81 bits per heavy atom. The quantitative estimate of drug-likeness (QED) is 0.365. The van der Waals surface area contributed by atoms with Crippen molar-refractivity contribution in [3.63, 3.8) is 0 Å². The van der Waals surface area contributed by atoms with Crippen LogP contribution in [0.3, 0.4) is 0 Å². The third-order valence-electron chi connectivity index (χ3n) is 1.83. The minimum atomic E-state index is -4.25. The summed E-state index contributed by atoms with van der Waals surface area (Å²) in [6, 6.07) is 0. The molecule has 0 saturated heterocycles. The van der Waals surface area contributed by atoms with Gasteiger partial charge in [0.25, 0.3) is 20.2 Å². The summed E-state index contributed by atoms with van der Waals surface area (Å²) in [6.45, 7) is 11.1. The number of amides is 1. The molecule has 21 heavy (non-hydrogen) atoms. The van der Waals surface area contributed by atoms with Gasteiger partial charge in [-0.15, -0.1) is 0 Å². The van der Waals surface area contributed by atoms with Crippen LogP contribution < -0.4 is 5.32 Å².